The number of amides is 2. The molecule has 0 fully saturated rings. The maximum atomic E-state index is 12.6. The molecular formula is C15H20N3O5P. The molecule has 0 aromatic heterocycles. The van der Waals surface area contributed by atoms with Crippen molar-refractivity contribution in [3.63, 3.8) is 0 Å². The molecule has 9 heteroatoms. The molecule has 0 saturated heterocycles. The quantitative estimate of drug-likeness (QED) is 0.759. The maximum Gasteiger partial charge on any atom is 0.531 e. The monoisotopic (exact) mass is 353 g/mol. The summed E-state index contributed by atoms with van der Waals surface area (Å²) in [5.41, 5.74) is 2.39. The Balaban J connectivity index is 1.95. The van der Waals surface area contributed by atoms with Crippen molar-refractivity contribution in [3.05, 3.63) is 23.8 Å². The molecule has 0 N–H and O–H groups in total. The number of hydrogen-bond acceptors (Lipinski definition) is 6. The van der Waals surface area contributed by atoms with E-state index in [-0.39, 0.29) is 31.7 Å². The lowest BCUT2D eigenvalue weighted by molar-refractivity contribution is 0.163. The molecule has 24 heavy (non-hydrogen) atoms. The molecule has 8 nitrogen and oxygen atoms in total. The second-order valence-corrected chi connectivity index (χ2v) is 6.98. The smallest absolute Gasteiger partial charge is 0.388 e. The van der Waals surface area contributed by atoms with E-state index in [9.17, 15) is 9.36 Å². The number of urea groups is 1. The Bertz CT molecular complexity index is 726. The minimum Gasteiger partial charge on any atom is -0.388 e. The summed E-state index contributed by atoms with van der Waals surface area (Å²) in [5.74, 6) is 0.133. The van der Waals surface area contributed by atoms with Gasteiger partial charge in [0.1, 0.15) is 6.54 Å². The number of anilines is 1. The van der Waals surface area contributed by atoms with E-state index >= 15 is 0 Å². The standard InChI is InChI=1S/C15H20N3O5P/c1-4-21-24(20,22-5-2)23-13-10-18-14-11(9-17(3)15(18)19)7-6-8-12(14)16-13/h6-8H,4-5,9-10H2,1-3H3. The lowest BCUT2D eigenvalue weighted by atomic mass is 10.1. The van der Waals surface area contributed by atoms with Crippen molar-refractivity contribution in [1.29, 1.82) is 0 Å². The average Bonchev–Trinajstić information content (AvgIpc) is 2.52. The second-order valence-electron chi connectivity index (χ2n) is 5.39. The van der Waals surface area contributed by atoms with Gasteiger partial charge in [-0.2, -0.15) is 0 Å². The summed E-state index contributed by atoms with van der Waals surface area (Å²) in [6, 6.07) is 5.46. The first-order valence-corrected chi connectivity index (χ1v) is 9.24. The van der Waals surface area contributed by atoms with Crippen molar-refractivity contribution in [2.75, 3.05) is 31.7 Å². The minimum atomic E-state index is -3.75. The Morgan fingerprint density at radius 1 is 1.21 bits per heavy atom. The molecule has 0 saturated carbocycles. The molecule has 2 heterocycles. The number of benzene rings is 1. The van der Waals surface area contributed by atoms with Gasteiger partial charge in [0.15, 0.2) is 0 Å². The summed E-state index contributed by atoms with van der Waals surface area (Å²) in [4.78, 5) is 20.1. The summed E-state index contributed by atoms with van der Waals surface area (Å²) in [7, 11) is -2.02. The van der Waals surface area contributed by atoms with E-state index in [0.717, 1.165) is 11.3 Å². The van der Waals surface area contributed by atoms with E-state index in [0.29, 0.717) is 12.2 Å². The fraction of sp³-hybridized carbons (Fsp3) is 0.467. The SMILES string of the molecule is CCOP(=O)(OCC)OC1=Nc2cccc3c2N(C1)C(=O)N(C)C3. The first kappa shape index (κ1) is 17.0. The highest BCUT2D eigenvalue weighted by Crippen LogP contribution is 2.51. The lowest BCUT2D eigenvalue weighted by Gasteiger charge is -2.37. The van der Waals surface area contributed by atoms with Gasteiger partial charge in [0.05, 0.1) is 24.6 Å². The highest BCUT2D eigenvalue weighted by Gasteiger charge is 2.37. The van der Waals surface area contributed by atoms with Crippen molar-refractivity contribution < 1.29 is 22.9 Å². The molecule has 2 aliphatic heterocycles. The lowest BCUT2D eigenvalue weighted by Crippen LogP contribution is -2.48. The van der Waals surface area contributed by atoms with Crippen LogP contribution in [-0.2, 0) is 24.7 Å². The summed E-state index contributed by atoms with van der Waals surface area (Å²) < 4.78 is 28.3. The zero-order valence-electron chi connectivity index (χ0n) is 13.9. The van der Waals surface area contributed by atoms with E-state index in [1.807, 2.05) is 12.1 Å². The van der Waals surface area contributed by atoms with Gasteiger partial charge in [0, 0.05) is 13.6 Å². The number of carbonyl (C=O) groups excluding carboxylic acids is 1. The van der Waals surface area contributed by atoms with E-state index in [1.54, 1.807) is 36.8 Å². The third-order valence-corrected chi connectivity index (χ3v) is 5.25. The molecule has 2 aliphatic rings. The van der Waals surface area contributed by atoms with Gasteiger partial charge in [0.25, 0.3) is 0 Å². The van der Waals surface area contributed by atoms with Crippen LogP contribution in [-0.4, -0.2) is 43.6 Å². The summed E-state index contributed by atoms with van der Waals surface area (Å²) in [5, 5.41) is 0. The Kier molecular flexibility index (Phi) is 4.62. The van der Waals surface area contributed by atoms with Gasteiger partial charge in [-0.3, -0.25) is 13.9 Å². The normalized spacial score (nSPS) is 16.8. The van der Waals surface area contributed by atoms with Crippen molar-refractivity contribution in [2.45, 2.75) is 20.4 Å². The minimum absolute atomic E-state index is 0.0807. The van der Waals surface area contributed by atoms with Crippen LogP contribution in [0.15, 0.2) is 23.2 Å². The fourth-order valence-corrected chi connectivity index (χ4v) is 3.94. The van der Waals surface area contributed by atoms with Crippen molar-refractivity contribution in [2.24, 2.45) is 4.99 Å². The Morgan fingerprint density at radius 2 is 1.92 bits per heavy atom. The Hall–Kier alpha value is -1.89. The van der Waals surface area contributed by atoms with Gasteiger partial charge in [0.2, 0.25) is 5.90 Å². The number of phosphoric acid groups is 1. The van der Waals surface area contributed by atoms with Crippen LogP contribution < -0.4 is 4.90 Å². The number of rotatable bonds is 5. The topological polar surface area (TPSA) is 80.7 Å². The van der Waals surface area contributed by atoms with Crippen LogP contribution in [0, 0.1) is 0 Å². The molecule has 0 radical (unpaired) electrons. The predicted octanol–water partition coefficient (Wildman–Crippen LogP) is 3.30. The zero-order chi connectivity index (χ0) is 17.3. The highest BCUT2D eigenvalue weighted by atomic mass is 31.2. The molecule has 1 aromatic carbocycles. The molecule has 0 unspecified atom stereocenters. The van der Waals surface area contributed by atoms with E-state index < -0.39 is 7.82 Å². The number of phosphoric ester groups is 1. The largest absolute Gasteiger partial charge is 0.531 e. The molecule has 0 bridgehead atoms. The van der Waals surface area contributed by atoms with E-state index in [4.69, 9.17) is 13.6 Å². The molecule has 130 valence electrons. The van der Waals surface area contributed by atoms with Gasteiger partial charge in [-0.25, -0.2) is 14.4 Å². The zero-order valence-corrected chi connectivity index (χ0v) is 14.8. The number of carbonyl (C=O) groups is 1. The summed E-state index contributed by atoms with van der Waals surface area (Å²) in [6.45, 7) is 4.36. The number of aliphatic imine (C=N–C) groups is 1. The average molecular weight is 353 g/mol. The maximum absolute atomic E-state index is 12.6. The number of nitrogens with zero attached hydrogens (tertiary/aromatic N) is 3. The number of para-hydroxylation sites is 1. The van der Waals surface area contributed by atoms with Crippen molar-refractivity contribution >= 4 is 31.1 Å². The van der Waals surface area contributed by atoms with Crippen LogP contribution in [0.4, 0.5) is 16.2 Å². The van der Waals surface area contributed by atoms with Crippen LogP contribution in [0.5, 0.6) is 0 Å². The molecule has 0 spiro atoms. The molecule has 1 aromatic rings. The first-order valence-electron chi connectivity index (χ1n) is 7.78. The molecule has 0 aliphatic carbocycles. The summed E-state index contributed by atoms with van der Waals surface area (Å²) >= 11 is 0. The molecular weight excluding hydrogens is 333 g/mol. The third-order valence-electron chi connectivity index (χ3n) is 3.66. The Morgan fingerprint density at radius 3 is 2.58 bits per heavy atom. The second kappa shape index (κ2) is 6.55. The highest BCUT2D eigenvalue weighted by molar-refractivity contribution is 7.49. The first-order chi connectivity index (χ1) is 11.5. The predicted molar refractivity (Wildman–Crippen MR) is 89.7 cm³/mol. The fourth-order valence-electron chi connectivity index (χ4n) is 2.77. The van der Waals surface area contributed by atoms with E-state index in [1.165, 1.54) is 0 Å². The molecule has 3 rings (SSSR count). The molecule has 0 atom stereocenters. The van der Waals surface area contributed by atoms with Crippen LogP contribution in [0.25, 0.3) is 0 Å². The van der Waals surface area contributed by atoms with Crippen LogP contribution in [0.1, 0.15) is 19.4 Å². The van der Waals surface area contributed by atoms with Crippen molar-refractivity contribution in [3.8, 4) is 0 Å². The molecule has 2 amide bonds. The Labute approximate surface area is 140 Å². The van der Waals surface area contributed by atoms with Gasteiger partial charge in [-0.1, -0.05) is 12.1 Å². The third kappa shape index (κ3) is 3.05. The van der Waals surface area contributed by atoms with Gasteiger partial charge in [-0.05, 0) is 25.5 Å². The van der Waals surface area contributed by atoms with Gasteiger partial charge >= 0.3 is 13.9 Å². The van der Waals surface area contributed by atoms with Gasteiger partial charge < -0.3 is 9.42 Å². The number of hydrogen-bond donors (Lipinski definition) is 0. The van der Waals surface area contributed by atoms with E-state index in [2.05, 4.69) is 4.99 Å². The van der Waals surface area contributed by atoms with Crippen LogP contribution in [0.2, 0.25) is 0 Å². The van der Waals surface area contributed by atoms with Crippen LogP contribution in [0.3, 0.4) is 0 Å². The van der Waals surface area contributed by atoms with Crippen molar-refractivity contribution in [1.82, 2.24) is 4.90 Å². The van der Waals surface area contributed by atoms with Crippen LogP contribution >= 0.6 is 7.82 Å². The van der Waals surface area contributed by atoms with Gasteiger partial charge in [-0.15, -0.1) is 0 Å². The summed E-state index contributed by atoms with van der Waals surface area (Å²) in [6.07, 6.45) is 0.